The van der Waals surface area contributed by atoms with Crippen LogP contribution in [0.1, 0.15) is 47.1 Å². The van der Waals surface area contributed by atoms with Gasteiger partial charge in [0.15, 0.2) is 0 Å². The number of alkyl halides is 3. The van der Waals surface area contributed by atoms with Gasteiger partial charge in [0, 0.05) is 19.3 Å². The number of carbonyl (C=O) groups is 3. The summed E-state index contributed by atoms with van der Waals surface area (Å²) in [5.41, 5.74) is 18.1. The Balaban J connectivity index is 0.000000333. The van der Waals surface area contributed by atoms with Gasteiger partial charge in [-0.1, -0.05) is 42.0 Å². The van der Waals surface area contributed by atoms with Crippen molar-refractivity contribution in [2.45, 2.75) is 51.6 Å². The number of benzene rings is 3. The van der Waals surface area contributed by atoms with Crippen LogP contribution in [0.25, 0.3) is 0 Å². The van der Waals surface area contributed by atoms with Crippen LogP contribution in [0.2, 0.25) is 0 Å². The average Bonchev–Trinajstić information content (AvgIpc) is 3.02. The number of hydrogen-bond donors (Lipinski definition) is 3. The topological polar surface area (TPSA) is 138 Å². The van der Waals surface area contributed by atoms with E-state index in [-0.39, 0.29) is 55.4 Å². The first kappa shape index (κ1) is 38.1. The predicted molar refractivity (Wildman–Crippen MR) is 163 cm³/mol. The lowest BCUT2D eigenvalue weighted by atomic mass is 10.0. The number of carbonyl (C=O) groups excluding carboxylic acids is 3. The van der Waals surface area contributed by atoms with Gasteiger partial charge in [-0.05, 0) is 73.2 Å². The Morgan fingerprint density at radius 3 is 1.66 bits per heavy atom. The summed E-state index contributed by atoms with van der Waals surface area (Å²) in [5.74, 6) is -0.200. The Hall–Kier alpha value is -3.93. The predicted octanol–water partition coefficient (Wildman–Crippen LogP) is 4.92. The van der Waals surface area contributed by atoms with Crippen molar-refractivity contribution in [3.63, 3.8) is 0 Å². The van der Waals surface area contributed by atoms with Crippen LogP contribution < -0.4 is 21.9 Å². The Morgan fingerprint density at radius 1 is 0.682 bits per heavy atom. The quantitative estimate of drug-likeness (QED) is 0.231. The van der Waals surface area contributed by atoms with E-state index in [4.69, 9.17) is 21.9 Å². The number of nitrogens with two attached hydrogens (primary N) is 3. The maximum Gasteiger partial charge on any atom is 0.416 e. The first-order valence-electron chi connectivity index (χ1n) is 14.0. The average molecular weight is 620 g/mol. The Kier molecular flexibility index (Phi) is 17.4. The molecule has 0 aliphatic heterocycles. The molecule has 3 rings (SSSR count). The third kappa shape index (κ3) is 16.1. The van der Waals surface area contributed by atoms with Gasteiger partial charge in [0.05, 0.1) is 32.3 Å². The van der Waals surface area contributed by atoms with Gasteiger partial charge in [-0.2, -0.15) is 13.2 Å². The van der Waals surface area contributed by atoms with Gasteiger partial charge in [0.1, 0.15) is 28.9 Å². The molecule has 0 aromatic heterocycles. The molecule has 11 heteroatoms. The Morgan fingerprint density at radius 2 is 1.18 bits per heavy atom. The second-order valence-corrected chi connectivity index (χ2v) is 9.91. The molecule has 0 spiro atoms. The summed E-state index contributed by atoms with van der Waals surface area (Å²) in [5, 5.41) is 0. The van der Waals surface area contributed by atoms with Crippen LogP contribution in [0.5, 0.6) is 5.75 Å². The highest BCUT2D eigenvalue weighted by atomic mass is 19.4. The minimum Gasteiger partial charge on any atom is -0.497 e. The molecule has 0 aliphatic carbocycles. The lowest BCUT2D eigenvalue weighted by molar-refractivity contribution is -0.137. The monoisotopic (exact) mass is 619 g/mol. The molecule has 7 nitrogen and oxygen atoms in total. The molecule has 0 unspecified atom stereocenters. The zero-order chi connectivity index (χ0) is 33.1. The van der Waals surface area contributed by atoms with Crippen molar-refractivity contribution in [3.8, 4) is 5.75 Å². The maximum absolute atomic E-state index is 13.0. The number of halogens is 4. The van der Waals surface area contributed by atoms with E-state index in [0.717, 1.165) is 36.3 Å². The molecule has 0 atom stereocenters. The van der Waals surface area contributed by atoms with Crippen molar-refractivity contribution >= 4 is 17.3 Å². The molecule has 3 aromatic carbocycles. The minimum atomic E-state index is -4.59. The molecule has 0 saturated carbocycles. The van der Waals surface area contributed by atoms with Crippen LogP contribution in [0.4, 0.5) is 17.6 Å². The van der Waals surface area contributed by atoms with E-state index in [0.29, 0.717) is 18.9 Å². The van der Waals surface area contributed by atoms with Gasteiger partial charge in [-0.3, -0.25) is 14.4 Å². The first-order chi connectivity index (χ1) is 20.8. The van der Waals surface area contributed by atoms with Gasteiger partial charge in [0.2, 0.25) is 0 Å². The van der Waals surface area contributed by atoms with E-state index in [9.17, 15) is 31.9 Å². The first-order valence-corrected chi connectivity index (χ1v) is 14.0. The highest BCUT2D eigenvalue weighted by Crippen LogP contribution is 2.30. The molecule has 0 aliphatic rings. The van der Waals surface area contributed by atoms with Crippen molar-refractivity contribution in [1.29, 1.82) is 0 Å². The summed E-state index contributed by atoms with van der Waals surface area (Å²) in [7, 11) is 1.63. The summed E-state index contributed by atoms with van der Waals surface area (Å²) in [6.07, 6.45) is -1.93. The maximum atomic E-state index is 13.0. The molecule has 0 saturated heterocycles. The smallest absolute Gasteiger partial charge is 0.416 e. The standard InChI is InChI=1S/C11H11F4NO.C11H15NO2.C11H15NO/c12-9-4-7(1-2-10(17)6-16)3-8(5-9)11(13,14)15;1-14-11-4-2-3-9(7-11)5-6-10(13)8-12;1-9-2-4-10(5-3-9)6-7-11(13)8-12/h3-5H,1-2,6,16H2;2-4,7H,5-6,8,12H2,1H3;2-5H,6-8,12H2,1H3. The number of methoxy groups -OCH3 is 1. The van der Waals surface area contributed by atoms with E-state index < -0.39 is 17.6 Å². The van der Waals surface area contributed by atoms with Crippen molar-refractivity contribution in [1.82, 2.24) is 0 Å². The van der Waals surface area contributed by atoms with Gasteiger partial charge < -0.3 is 21.9 Å². The summed E-state index contributed by atoms with van der Waals surface area (Å²) >= 11 is 0. The molecule has 44 heavy (non-hydrogen) atoms. The van der Waals surface area contributed by atoms with Crippen LogP contribution in [-0.4, -0.2) is 44.1 Å². The third-order valence-electron chi connectivity index (χ3n) is 6.30. The Labute approximate surface area is 255 Å². The fourth-order valence-electron chi connectivity index (χ4n) is 3.70. The summed E-state index contributed by atoms with van der Waals surface area (Å²) < 4.78 is 55.1. The number of hydrogen-bond acceptors (Lipinski definition) is 7. The highest BCUT2D eigenvalue weighted by molar-refractivity contribution is 5.81. The van der Waals surface area contributed by atoms with Gasteiger partial charge in [0.25, 0.3) is 0 Å². The fraction of sp³-hybridized carbons (Fsp3) is 0.364. The number of aryl methyl sites for hydroxylation is 4. The van der Waals surface area contributed by atoms with Crippen LogP contribution in [0.3, 0.4) is 0 Å². The van der Waals surface area contributed by atoms with E-state index >= 15 is 0 Å². The number of rotatable bonds is 13. The highest BCUT2D eigenvalue weighted by Gasteiger charge is 2.31. The summed E-state index contributed by atoms with van der Waals surface area (Å²) in [4.78, 5) is 32.8. The van der Waals surface area contributed by atoms with E-state index in [1.165, 1.54) is 11.1 Å². The molecule has 0 fully saturated rings. The van der Waals surface area contributed by atoms with E-state index in [1.54, 1.807) is 7.11 Å². The normalized spacial score (nSPS) is 10.6. The molecule has 0 bridgehead atoms. The zero-order valence-electron chi connectivity index (χ0n) is 25.1. The van der Waals surface area contributed by atoms with Gasteiger partial charge >= 0.3 is 6.18 Å². The van der Waals surface area contributed by atoms with E-state index in [1.807, 2.05) is 24.3 Å². The largest absolute Gasteiger partial charge is 0.497 e. The van der Waals surface area contributed by atoms with Crippen molar-refractivity contribution in [2.75, 3.05) is 26.7 Å². The third-order valence-corrected chi connectivity index (χ3v) is 6.30. The van der Waals surface area contributed by atoms with Gasteiger partial charge in [-0.15, -0.1) is 0 Å². The van der Waals surface area contributed by atoms with Crippen molar-refractivity contribution in [3.05, 3.63) is 100 Å². The minimum absolute atomic E-state index is 0.0112. The van der Waals surface area contributed by atoms with E-state index in [2.05, 4.69) is 31.2 Å². The second kappa shape index (κ2) is 20.1. The molecule has 3 aromatic rings. The SMILES string of the molecule is COc1cccc(CCC(=O)CN)c1.Cc1ccc(CCC(=O)CN)cc1.NCC(=O)CCc1cc(F)cc(C(F)(F)F)c1. The molecule has 0 radical (unpaired) electrons. The fourth-order valence-corrected chi connectivity index (χ4v) is 3.70. The molecular formula is C33H41F4N3O4. The second-order valence-electron chi connectivity index (χ2n) is 9.91. The van der Waals surface area contributed by atoms with Crippen LogP contribution in [0.15, 0.2) is 66.7 Å². The molecule has 0 amide bonds. The summed E-state index contributed by atoms with van der Waals surface area (Å²) in [6.45, 7) is 2.17. The zero-order valence-corrected chi connectivity index (χ0v) is 25.1. The lowest BCUT2D eigenvalue weighted by Gasteiger charge is -2.09. The van der Waals surface area contributed by atoms with Crippen molar-refractivity contribution < 1.29 is 36.7 Å². The molecule has 6 N–H and O–H groups in total. The number of Topliss-reactive ketones (excluding diaryl/α,β-unsaturated/α-hetero) is 3. The van der Waals surface area contributed by atoms with Crippen LogP contribution >= 0.6 is 0 Å². The molecular weight excluding hydrogens is 578 g/mol. The number of ether oxygens (including phenoxy) is 1. The molecule has 0 heterocycles. The number of ketones is 3. The van der Waals surface area contributed by atoms with Gasteiger partial charge in [-0.25, -0.2) is 4.39 Å². The molecule has 240 valence electrons. The van der Waals surface area contributed by atoms with Crippen LogP contribution in [0, 0.1) is 12.7 Å². The lowest BCUT2D eigenvalue weighted by Crippen LogP contribution is -2.14. The van der Waals surface area contributed by atoms with Crippen LogP contribution in [-0.2, 0) is 39.8 Å². The van der Waals surface area contributed by atoms with Crippen molar-refractivity contribution in [2.24, 2.45) is 17.2 Å². The summed E-state index contributed by atoms with van der Waals surface area (Å²) in [6, 6.07) is 18.2. The Bertz CT molecular complexity index is 1330.